The van der Waals surface area contributed by atoms with Gasteiger partial charge in [0, 0.05) is 26.0 Å². The Balaban J connectivity index is 1.78. The highest BCUT2D eigenvalue weighted by atomic mass is 16.5. The standard InChI is InChI=1S/C15H21N3O/c1-2-13-15(14-5-3-4-8-18(14)17-13)16-11-12-6-9-19-10-7-12/h3-5,8,12,16H,2,6-7,9-11H2,1H3. The lowest BCUT2D eigenvalue weighted by molar-refractivity contribution is 0.0699. The number of aromatic nitrogens is 2. The van der Waals surface area contributed by atoms with E-state index in [1.165, 1.54) is 11.2 Å². The van der Waals surface area contributed by atoms with Crippen molar-refractivity contribution in [3.8, 4) is 0 Å². The summed E-state index contributed by atoms with van der Waals surface area (Å²) in [6.45, 7) is 4.98. The van der Waals surface area contributed by atoms with Crippen molar-refractivity contribution in [2.75, 3.05) is 25.1 Å². The first-order chi connectivity index (χ1) is 9.38. The molecule has 1 fully saturated rings. The van der Waals surface area contributed by atoms with E-state index in [4.69, 9.17) is 4.74 Å². The molecule has 0 spiro atoms. The van der Waals surface area contributed by atoms with Gasteiger partial charge >= 0.3 is 0 Å². The molecule has 1 N–H and O–H groups in total. The van der Waals surface area contributed by atoms with Gasteiger partial charge in [-0.2, -0.15) is 5.10 Å². The first kappa shape index (κ1) is 12.5. The van der Waals surface area contributed by atoms with Gasteiger partial charge in [0.25, 0.3) is 0 Å². The Morgan fingerprint density at radius 1 is 1.37 bits per heavy atom. The first-order valence-corrected chi connectivity index (χ1v) is 7.16. The summed E-state index contributed by atoms with van der Waals surface area (Å²) in [5.41, 5.74) is 3.53. The summed E-state index contributed by atoms with van der Waals surface area (Å²) in [7, 11) is 0. The minimum atomic E-state index is 0.720. The normalized spacial score (nSPS) is 16.9. The first-order valence-electron chi connectivity index (χ1n) is 7.16. The summed E-state index contributed by atoms with van der Waals surface area (Å²) in [5, 5.41) is 8.24. The summed E-state index contributed by atoms with van der Waals surface area (Å²) in [6, 6.07) is 6.20. The Kier molecular flexibility index (Phi) is 3.69. The predicted molar refractivity (Wildman–Crippen MR) is 76.6 cm³/mol. The highest BCUT2D eigenvalue weighted by Gasteiger charge is 2.16. The van der Waals surface area contributed by atoms with Crippen LogP contribution in [0.1, 0.15) is 25.5 Å². The van der Waals surface area contributed by atoms with Crippen LogP contribution in [0.15, 0.2) is 24.4 Å². The third-order valence-electron chi connectivity index (χ3n) is 3.86. The molecular formula is C15H21N3O. The van der Waals surface area contributed by atoms with Crippen LogP contribution >= 0.6 is 0 Å². The molecule has 1 aliphatic heterocycles. The summed E-state index contributed by atoms with van der Waals surface area (Å²) >= 11 is 0. The van der Waals surface area contributed by atoms with Crippen LogP contribution in [0.2, 0.25) is 0 Å². The molecule has 0 aliphatic carbocycles. The molecular weight excluding hydrogens is 238 g/mol. The van der Waals surface area contributed by atoms with Crippen LogP contribution in [-0.2, 0) is 11.2 Å². The minimum Gasteiger partial charge on any atom is -0.381 e. The number of anilines is 1. The molecule has 4 heteroatoms. The van der Waals surface area contributed by atoms with Gasteiger partial charge in [0.1, 0.15) is 0 Å². The van der Waals surface area contributed by atoms with Gasteiger partial charge in [-0.25, -0.2) is 4.52 Å². The average Bonchev–Trinajstić information content (AvgIpc) is 2.84. The molecule has 0 saturated carbocycles. The molecule has 102 valence electrons. The van der Waals surface area contributed by atoms with Gasteiger partial charge in [-0.05, 0) is 37.3 Å². The van der Waals surface area contributed by atoms with Gasteiger partial charge in [0.2, 0.25) is 0 Å². The Morgan fingerprint density at radius 3 is 3.00 bits per heavy atom. The van der Waals surface area contributed by atoms with E-state index in [1.807, 2.05) is 16.8 Å². The van der Waals surface area contributed by atoms with Gasteiger partial charge in [-0.1, -0.05) is 13.0 Å². The van der Waals surface area contributed by atoms with E-state index in [-0.39, 0.29) is 0 Å². The lowest BCUT2D eigenvalue weighted by Crippen LogP contribution is -2.22. The lowest BCUT2D eigenvalue weighted by Gasteiger charge is -2.22. The van der Waals surface area contributed by atoms with Crippen molar-refractivity contribution >= 4 is 11.2 Å². The second-order valence-electron chi connectivity index (χ2n) is 5.14. The van der Waals surface area contributed by atoms with Gasteiger partial charge < -0.3 is 10.1 Å². The van der Waals surface area contributed by atoms with Gasteiger partial charge in [0.05, 0.1) is 16.9 Å². The van der Waals surface area contributed by atoms with E-state index < -0.39 is 0 Å². The fourth-order valence-electron chi connectivity index (χ4n) is 2.68. The predicted octanol–water partition coefficient (Wildman–Crippen LogP) is 2.74. The fourth-order valence-corrected chi connectivity index (χ4v) is 2.68. The van der Waals surface area contributed by atoms with Gasteiger partial charge in [-0.3, -0.25) is 0 Å². The van der Waals surface area contributed by atoms with E-state index in [0.717, 1.165) is 50.6 Å². The Bertz CT molecular complexity index is 543. The molecule has 4 nitrogen and oxygen atoms in total. The Hall–Kier alpha value is -1.55. The van der Waals surface area contributed by atoms with Gasteiger partial charge in [0.15, 0.2) is 0 Å². The second kappa shape index (κ2) is 5.61. The molecule has 0 amide bonds. The van der Waals surface area contributed by atoms with Crippen molar-refractivity contribution in [3.63, 3.8) is 0 Å². The van der Waals surface area contributed by atoms with Crippen LogP contribution in [0, 0.1) is 5.92 Å². The maximum absolute atomic E-state index is 5.41. The molecule has 0 atom stereocenters. The highest BCUT2D eigenvalue weighted by molar-refractivity contribution is 5.74. The number of aryl methyl sites for hydroxylation is 1. The van der Waals surface area contributed by atoms with Crippen molar-refractivity contribution in [3.05, 3.63) is 30.1 Å². The fraction of sp³-hybridized carbons (Fsp3) is 0.533. The van der Waals surface area contributed by atoms with Crippen LogP contribution < -0.4 is 5.32 Å². The molecule has 3 rings (SSSR count). The summed E-state index contributed by atoms with van der Waals surface area (Å²) < 4.78 is 7.37. The maximum Gasteiger partial charge on any atom is 0.0896 e. The second-order valence-corrected chi connectivity index (χ2v) is 5.14. The van der Waals surface area contributed by atoms with E-state index in [1.54, 1.807) is 0 Å². The number of nitrogens with one attached hydrogen (secondary N) is 1. The van der Waals surface area contributed by atoms with Crippen LogP contribution in [-0.4, -0.2) is 29.4 Å². The third-order valence-corrected chi connectivity index (χ3v) is 3.86. The van der Waals surface area contributed by atoms with Crippen LogP contribution in [0.3, 0.4) is 0 Å². The van der Waals surface area contributed by atoms with Gasteiger partial charge in [-0.15, -0.1) is 0 Å². The third kappa shape index (κ3) is 2.59. The quantitative estimate of drug-likeness (QED) is 0.917. The number of ether oxygens (including phenoxy) is 1. The van der Waals surface area contributed by atoms with Crippen molar-refractivity contribution < 1.29 is 4.74 Å². The highest BCUT2D eigenvalue weighted by Crippen LogP contribution is 2.24. The monoisotopic (exact) mass is 259 g/mol. The SMILES string of the molecule is CCc1nn2ccccc2c1NCC1CCOCC1. The van der Waals surface area contributed by atoms with Crippen molar-refractivity contribution in [2.24, 2.45) is 5.92 Å². The van der Waals surface area contributed by atoms with E-state index in [2.05, 4.69) is 29.5 Å². The summed E-state index contributed by atoms with van der Waals surface area (Å²) in [6.07, 6.45) is 5.28. The number of rotatable bonds is 4. The molecule has 3 heterocycles. The number of hydrogen-bond acceptors (Lipinski definition) is 3. The summed E-state index contributed by atoms with van der Waals surface area (Å²) in [5.74, 6) is 0.720. The molecule has 0 unspecified atom stereocenters. The molecule has 0 radical (unpaired) electrons. The number of fused-ring (bicyclic) bond motifs is 1. The maximum atomic E-state index is 5.41. The van der Waals surface area contributed by atoms with Crippen LogP contribution in [0.5, 0.6) is 0 Å². The van der Waals surface area contributed by atoms with Crippen LogP contribution in [0.25, 0.3) is 5.52 Å². The molecule has 0 aromatic carbocycles. The lowest BCUT2D eigenvalue weighted by atomic mass is 10.0. The molecule has 19 heavy (non-hydrogen) atoms. The topological polar surface area (TPSA) is 38.6 Å². The average molecular weight is 259 g/mol. The minimum absolute atomic E-state index is 0.720. The number of nitrogens with zero attached hydrogens (tertiary/aromatic N) is 2. The largest absolute Gasteiger partial charge is 0.381 e. The molecule has 1 saturated heterocycles. The van der Waals surface area contributed by atoms with E-state index in [9.17, 15) is 0 Å². The van der Waals surface area contributed by atoms with E-state index in [0.29, 0.717) is 0 Å². The summed E-state index contributed by atoms with van der Waals surface area (Å²) in [4.78, 5) is 0. The van der Waals surface area contributed by atoms with Crippen molar-refractivity contribution in [1.29, 1.82) is 0 Å². The van der Waals surface area contributed by atoms with Crippen LogP contribution in [0.4, 0.5) is 5.69 Å². The zero-order valence-corrected chi connectivity index (χ0v) is 11.4. The zero-order valence-electron chi connectivity index (χ0n) is 11.4. The molecule has 2 aromatic rings. The molecule has 1 aliphatic rings. The van der Waals surface area contributed by atoms with E-state index >= 15 is 0 Å². The Labute approximate surface area is 113 Å². The Morgan fingerprint density at radius 2 is 2.21 bits per heavy atom. The van der Waals surface area contributed by atoms with Crippen molar-refractivity contribution in [1.82, 2.24) is 9.61 Å². The number of pyridine rings is 1. The smallest absolute Gasteiger partial charge is 0.0896 e. The molecule has 2 aromatic heterocycles. The number of hydrogen-bond donors (Lipinski definition) is 1. The zero-order chi connectivity index (χ0) is 13.1. The molecule has 0 bridgehead atoms. The van der Waals surface area contributed by atoms with Crippen molar-refractivity contribution in [2.45, 2.75) is 26.2 Å².